The fourth-order valence-electron chi connectivity index (χ4n) is 2.13. The van der Waals surface area contributed by atoms with Gasteiger partial charge in [-0.05, 0) is 42.0 Å². The van der Waals surface area contributed by atoms with Crippen LogP contribution in [0.2, 0.25) is 0 Å². The van der Waals surface area contributed by atoms with Crippen LogP contribution in [0.3, 0.4) is 0 Å². The molecule has 0 radical (unpaired) electrons. The summed E-state index contributed by atoms with van der Waals surface area (Å²) < 4.78 is 0.801. The standard InChI is InChI=1S/C12H17BrN4O/c1-14-11-10(5-8(13)6-15-11)12(18)16-9-3-4-17(2)7-9/h5-6,9H,3-4,7H2,1-2H3,(H,14,15)(H,16,18). The van der Waals surface area contributed by atoms with E-state index in [4.69, 9.17) is 0 Å². The van der Waals surface area contributed by atoms with Crippen molar-refractivity contribution in [3.05, 3.63) is 22.3 Å². The smallest absolute Gasteiger partial charge is 0.255 e. The SMILES string of the molecule is CNc1ncc(Br)cc1C(=O)NC1CCN(C)C1. The van der Waals surface area contributed by atoms with Crippen LogP contribution in [0.4, 0.5) is 5.82 Å². The molecule has 1 aromatic rings. The molecular formula is C12H17BrN4O. The van der Waals surface area contributed by atoms with E-state index in [1.165, 1.54) is 0 Å². The minimum Gasteiger partial charge on any atom is -0.372 e. The molecule has 1 aliphatic rings. The highest BCUT2D eigenvalue weighted by Gasteiger charge is 2.22. The van der Waals surface area contributed by atoms with Gasteiger partial charge in [0, 0.05) is 30.3 Å². The molecule has 18 heavy (non-hydrogen) atoms. The lowest BCUT2D eigenvalue weighted by Gasteiger charge is -2.14. The summed E-state index contributed by atoms with van der Waals surface area (Å²) in [5.41, 5.74) is 0.571. The number of hydrogen-bond acceptors (Lipinski definition) is 4. The zero-order valence-electron chi connectivity index (χ0n) is 10.5. The molecule has 1 unspecified atom stereocenters. The van der Waals surface area contributed by atoms with E-state index in [-0.39, 0.29) is 11.9 Å². The molecule has 5 nitrogen and oxygen atoms in total. The highest BCUT2D eigenvalue weighted by atomic mass is 79.9. The lowest BCUT2D eigenvalue weighted by Crippen LogP contribution is -2.36. The number of carbonyl (C=O) groups excluding carboxylic acids is 1. The molecule has 2 heterocycles. The summed E-state index contributed by atoms with van der Waals surface area (Å²) in [6, 6.07) is 2.01. The fraction of sp³-hybridized carbons (Fsp3) is 0.500. The van der Waals surface area contributed by atoms with E-state index in [2.05, 4.69) is 43.5 Å². The van der Waals surface area contributed by atoms with Crippen molar-refractivity contribution in [2.45, 2.75) is 12.5 Å². The molecule has 1 amide bonds. The van der Waals surface area contributed by atoms with Crippen molar-refractivity contribution in [3.63, 3.8) is 0 Å². The van der Waals surface area contributed by atoms with E-state index in [1.807, 2.05) is 0 Å². The van der Waals surface area contributed by atoms with Gasteiger partial charge in [-0.2, -0.15) is 0 Å². The first-order valence-electron chi connectivity index (χ1n) is 5.93. The zero-order chi connectivity index (χ0) is 13.1. The van der Waals surface area contributed by atoms with Crippen molar-refractivity contribution < 1.29 is 4.79 Å². The average Bonchev–Trinajstić information content (AvgIpc) is 2.74. The third kappa shape index (κ3) is 3.00. The van der Waals surface area contributed by atoms with Gasteiger partial charge in [-0.15, -0.1) is 0 Å². The molecule has 1 aliphatic heterocycles. The lowest BCUT2D eigenvalue weighted by molar-refractivity contribution is 0.0939. The van der Waals surface area contributed by atoms with Gasteiger partial charge >= 0.3 is 0 Å². The molecule has 1 atom stereocenters. The van der Waals surface area contributed by atoms with Gasteiger partial charge in [0.2, 0.25) is 0 Å². The highest BCUT2D eigenvalue weighted by molar-refractivity contribution is 9.10. The normalized spacial score (nSPS) is 19.8. The number of nitrogens with zero attached hydrogens (tertiary/aromatic N) is 2. The van der Waals surface area contributed by atoms with Crippen LogP contribution in [0, 0.1) is 0 Å². The van der Waals surface area contributed by atoms with Crippen LogP contribution in [-0.2, 0) is 0 Å². The lowest BCUT2D eigenvalue weighted by atomic mass is 10.2. The number of likely N-dealkylation sites (tertiary alicyclic amines) is 1. The molecule has 0 aromatic carbocycles. The van der Waals surface area contributed by atoms with Crippen LogP contribution >= 0.6 is 15.9 Å². The second-order valence-electron chi connectivity index (χ2n) is 4.52. The predicted molar refractivity (Wildman–Crippen MR) is 74.9 cm³/mol. The van der Waals surface area contributed by atoms with Gasteiger partial charge in [0.15, 0.2) is 0 Å². The first-order chi connectivity index (χ1) is 8.60. The Morgan fingerprint density at radius 2 is 2.39 bits per heavy atom. The third-order valence-corrected chi connectivity index (χ3v) is 3.50. The summed E-state index contributed by atoms with van der Waals surface area (Å²) in [6.07, 6.45) is 2.67. The van der Waals surface area contributed by atoms with Crippen LogP contribution < -0.4 is 10.6 Å². The molecule has 6 heteroatoms. The summed E-state index contributed by atoms with van der Waals surface area (Å²) in [7, 11) is 3.82. The number of likely N-dealkylation sites (N-methyl/N-ethyl adjacent to an activating group) is 1. The number of anilines is 1. The molecule has 0 aliphatic carbocycles. The van der Waals surface area contributed by atoms with E-state index >= 15 is 0 Å². The molecule has 2 rings (SSSR count). The Kier molecular flexibility index (Phi) is 4.19. The zero-order valence-corrected chi connectivity index (χ0v) is 12.1. The van der Waals surface area contributed by atoms with Crippen molar-refractivity contribution in [2.75, 3.05) is 32.5 Å². The van der Waals surface area contributed by atoms with Crippen LogP contribution in [0.15, 0.2) is 16.7 Å². The van der Waals surface area contributed by atoms with Gasteiger partial charge in [0.1, 0.15) is 5.82 Å². The molecule has 0 spiro atoms. The highest BCUT2D eigenvalue weighted by Crippen LogP contribution is 2.18. The van der Waals surface area contributed by atoms with E-state index in [9.17, 15) is 4.79 Å². The van der Waals surface area contributed by atoms with Gasteiger partial charge < -0.3 is 15.5 Å². The summed E-state index contributed by atoms with van der Waals surface area (Å²) in [6.45, 7) is 1.93. The van der Waals surface area contributed by atoms with Gasteiger partial charge in [0.25, 0.3) is 5.91 Å². The van der Waals surface area contributed by atoms with Crippen LogP contribution in [0.25, 0.3) is 0 Å². The maximum absolute atomic E-state index is 12.2. The molecule has 0 bridgehead atoms. The maximum Gasteiger partial charge on any atom is 0.255 e. The number of rotatable bonds is 3. The summed E-state index contributed by atoms with van der Waals surface area (Å²) in [5.74, 6) is 0.524. The molecule has 1 saturated heterocycles. The maximum atomic E-state index is 12.2. The van der Waals surface area contributed by atoms with Crippen molar-refractivity contribution in [3.8, 4) is 0 Å². The van der Waals surface area contributed by atoms with Crippen LogP contribution in [0.1, 0.15) is 16.8 Å². The van der Waals surface area contributed by atoms with Crippen molar-refractivity contribution in [1.29, 1.82) is 0 Å². The van der Waals surface area contributed by atoms with E-state index in [0.717, 1.165) is 24.0 Å². The van der Waals surface area contributed by atoms with Gasteiger partial charge in [-0.1, -0.05) is 0 Å². The van der Waals surface area contributed by atoms with Crippen LogP contribution in [0.5, 0.6) is 0 Å². The largest absolute Gasteiger partial charge is 0.372 e. The van der Waals surface area contributed by atoms with Crippen molar-refractivity contribution in [1.82, 2.24) is 15.2 Å². The Labute approximate surface area is 115 Å². The van der Waals surface area contributed by atoms with Crippen LogP contribution in [-0.4, -0.2) is 49.0 Å². The van der Waals surface area contributed by atoms with Gasteiger partial charge in [-0.3, -0.25) is 4.79 Å². The Hall–Kier alpha value is -1.14. The molecule has 1 aromatic heterocycles. The van der Waals surface area contributed by atoms with Crippen molar-refractivity contribution >= 4 is 27.7 Å². The second-order valence-corrected chi connectivity index (χ2v) is 5.44. The third-order valence-electron chi connectivity index (χ3n) is 3.06. The molecular weight excluding hydrogens is 296 g/mol. The number of nitrogens with one attached hydrogen (secondary N) is 2. The second kappa shape index (κ2) is 5.67. The van der Waals surface area contributed by atoms with E-state index in [1.54, 1.807) is 19.3 Å². The number of amides is 1. The number of halogens is 1. The predicted octanol–water partition coefficient (Wildman–Crippen LogP) is 1.32. The molecule has 2 N–H and O–H groups in total. The number of carbonyl (C=O) groups is 1. The van der Waals surface area contributed by atoms with Gasteiger partial charge in [0.05, 0.1) is 5.56 Å². The fourth-order valence-corrected chi connectivity index (χ4v) is 2.46. The minimum atomic E-state index is -0.0755. The summed E-state index contributed by atoms with van der Waals surface area (Å²) in [5, 5.41) is 5.98. The van der Waals surface area contributed by atoms with Crippen molar-refractivity contribution in [2.24, 2.45) is 0 Å². The van der Waals surface area contributed by atoms with Gasteiger partial charge in [-0.25, -0.2) is 4.98 Å². The molecule has 98 valence electrons. The Balaban J connectivity index is 2.10. The topological polar surface area (TPSA) is 57.3 Å². The number of pyridine rings is 1. The number of hydrogen-bond donors (Lipinski definition) is 2. The first-order valence-corrected chi connectivity index (χ1v) is 6.72. The molecule has 1 fully saturated rings. The van der Waals surface area contributed by atoms with E-state index in [0.29, 0.717) is 11.4 Å². The first kappa shape index (κ1) is 13.3. The average molecular weight is 313 g/mol. The monoisotopic (exact) mass is 312 g/mol. The quantitative estimate of drug-likeness (QED) is 0.884. The summed E-state index contributed by atoms with van der Waals surface area (Å²) >= 11 is 3.34. The van der Waals surface area contributed by atoms with E-state index < -0.39 is 0 Å². The minimum absolute atomic E-state index is 0.0755. The number of aromatic nitrogens is 1. The Morgan fingerprint density at radius 1 is 1.61 bits per heavy atom. The Bertz CT molecular complexity index is 452. The Morgan fingerprint density at radius 3 is 3.00 bits per heavy atom. The molecule has 0 saturated carbocycles. The summed E-state index contributed by atoms with van der Waals surface area (Å²) in [4.78, 5) is 18.6.